The van der Waals surface area contributed by atoms with Gasteiger partial charge < -0.3 is 9.72 Å². The van der Waals surface area contributed by atoms with Crippen molar-refractivity contribution < 1.29 is 4.74 Å². The lowest BCUT2D eigenvalue weighted by atomic mass is 9.98. The molecule has 2 aromatic rings. The quantitative estimate of drug-likeness (QED) is 0.921. The molecule has 1 aliphatic rings. The zero-order chi connectivity index (χ0) is 16.1. The van der Waals surface area contributed by atoms with Crippen molar-refractivity contribution in [1.82, 2.24) is 15.0 Å². The van der Waals surface area contributed by atoms with Crippen LogP contribution in [0.15, 0.2) is 29.2 Å². The lowest BCUT2D eigenvalue weighted by molar-refractivity contribution is 0.0296. The summed E-state index contributed by atoms with van der Waals surface area (Å²) < 4.78 is 5.92. The van der Waals surface area contributed by atoms with E-state index >= 15 is 0 Å². The van der Waals surface area contributed by atoms with E-state index in [1.807, 2.05) is 19.1 Å². The first kappa shape index (κ1) is 15.9. The summed E-state index contributed by atoms with van der Waals surface area (Å²) in [5.41, 5.74) is 2.25. The number of ether oxygens (including phenoxy) is 1. The third kappa shape index (κ3) is 4.26. The molecule has 0 spiro atoms. The SMILES string of the molecule is Cc1cccnc1-c1cc(=O)[nH]c(CCOC2CCCCC2)n1. The molecule has 0 aromatic carbocycles. The van der Waals surface area contributed by atoms with Crippen LogP contribution in [0.2, 0.25) is 0 Å². The van der Waals surface area contributed by atoms with Gasteiger partial charge in [-0.3, -0.25) is 9.78 Å². The van der Waals surface area contributed by atoms with Gasteiger partial charge in [-0.05, 0) is 31.4 Å². The molecule has 0 amide bonds. The normalized spacial score (nSPS) is 15.7. The fourth-order valence-corrected chi connectivity index (χ4v) is 3.06. The second-order valence-corrected chi connectivity index (χ2v) is 6.13. The minimum Gasteiger partial charge on any atom is -0.378 e. The maximum atomic E-state index is 11.9. The van der Waals surface area contributed by atoms with Gasteiger partial charge in [0.2, 0.25) is 0 Å². The van der Waals surface area contributed by atoms with E-state index < -0.39 is 0 Å². The van der Waals surface area contributed by atoms with Crippen molar-refractivity contribution in [3.63, 3.8) is 0 Å². The molecule has 23 heavy (non-hydrogen) atoms. The molecule has 2 aromatic heterocycles. The molecule has 1 saturated carbocycles. The van der Waals surface area contributed by atoms with Crippen LogP contribution >= 0.6 is 0 Å². The number of rotatable bonds is 5. The van der Waals surface area contributed by atoms with Crippen LogP contribution < -0.4 is 5.56 Å². The van der Waals surface area contributed by atoms with Gasteiger partial charge in [-0.2, -0.15) is 0 Å². The third-order valence-corrected chi connectivity index (χ3v) is 4.29. The van der Waals surface area contributed by atoms with Crippen LogP contribution in [0.1, 0.15) is 43.5 Å². The van der Waals surface area contributed by atoms with E-state index in [1.54, 1.807) is 6.20 Å². The van der Waals surface area contributed by atoms with Crippen LogP contribution in [0.5, 0.6) is 0 Å². The van der Waals surface area contributed by atoms with Crippen molar-refractivity contribution in [3.8, 4) is 11.4 Å². The molecule has 122 valence electrons. The molecule has 5 heteroatoms. The van der Waals surface area contributed by atoms with Gasteiger partial charge in [0.15, 0.2) is 0 Å². The van der Waals surface area contributed by atoms with Crippen LogP contribution in [0.25, 0.3) is 11.4 Å². The Balaban J connectivity index is 1.68. The van der Waals surface area contributed by atoms with Crippen molar-refractivity contribution in [2.75, 3.05) is 6.61 Å². The van der Waals surface area contributed by atoms with Crippen molar-refractivity contribution in [2.45, 2.75) is 51.6 Å². The topological polar surface area (TPSA) is 67.9 Å². The minimum absolute atomic E-state index is 0.146. The number of H-pyrrole nitrogens is 1. The monoisotopic (exact) mass is 313 g/mol. The predicted octanol–water partition coefficient (Wildman–Crippen LogP) is 3.03. The van der Waals surface area contributed by atoms with Gasteiger partial charge in [-0.1, -0.05) is 25.3 Å². The zero-order valence-corrected chi connectivity index (χ0v) is 13.5. The maximum Gasteiger partial charge on any atom is 0.251 e. The number of pyridine rings is 1. The van der Waals surface area contributed by atoms with E-state index in [0.717, 1.165) is 24.1 Å². The van der Waals surface area contributed by atoms with Gasteiger partial charge in [-0.15, -0.1) is 0 Å². The number of aromatic amines is 1. The summed E-state index contributed by atoms with van der Waals surface area (Å²) in [6.07, 6.45) is 8.84. The van der Waals surface area contributed by atoms with Gasteiger partial charge in [0.1, 0.15) is 5.82 Å². The molecule has 1 fully saturated rings. The number of aryl methyl sites for hydroxylation is 1. The average Bonchev–Trinajstić information content (AvgIpc) is 2.56. The van der Waals surface area contributed by atoms with E-state index in [0.29, 0.717) is 30.7 Å². The van der Waals surface area contributed by atoms with Crippen LogP contribution in [0.4, 0.5) is 0 Å². The van der Waals surface area contributed by atoms with Crippen molar-refractivity contribution >= 4 is 0 Å². The molecule has 5 nitrogen and oxygen atoms in total. The Morgan fingerprint density at radius 1 is 1.30 bits per heavy atom. The summed E-state index contributed by atoms with van der Waals surface area (Å²) in [7, 11) is 0. The van der Waals surface area contributed by atoms with E-state index in [9.17, 15) is 4.79 Å². The molecule has 0 aliphatic heterocycles. The molecule has 0 radical (unpaired) electrons. The first-order valence-corrected chi connectivity index (χ1v) is 8.36. The largest absolute Gasteiger partial charge is 0.378 e. The van der Waals surface area contributed by atoms with Crippen molar-refractivity contribution in [3.05, 3.63) is 46.1 Å². The Morgan fingerprint density at radius 2 is 2.13 bits per heavy atom. The number of hydrogen-bond donors (Lipinski definition) is 1. The van der Waals surface area contributed by atoms with Crippen molar-refractivity contribution in [2.24, 2.45) is 0 Å². The highest BCUT2D eigenvalue weighted by Gasteiger charge is 2.14. The number of aromatic nitrogens is 3. The number of nitrogens with one attached hydrogen (secondary N) is 1. The fourth-order valence-electron chi connectivity index (χ4n) is 3.06. The van der Waals surface area contributed by atoms with Gasteiger partial charge >= 0.3 is 0 Å². The number of hydrogen-bond acceptors (Lipinski definition) is 4. The minimum atomic E-state index is -0.146. The smallest absolute Gasteiger partial charge is 0.251 e. The fraction of sp³-hybridized carbons (Fsp3) is 0.500. The Morgan fingerprint density at radius 3 is 2.91 bits per heavy atom. The van der Waals surface area contributed by atoms with Crippen LogP contribution in [-0.4, -0.2) is 27.7 Å². The van der Waals surface area contributed by atoms with Crippen LogP contribution in [0.3, 0.4) is 0 Å². The van der Waals surface area contributed by atoms with Gasteiger partial charge in [0, 0.05) is 18.7 Å². The molecule has 0 saturated heterocycles. The first-order valence-electron chi connectivity index (χ1n) is 8.36. The van der Waals surface area contributed by atoms with Crippen molar-refractivity contribution in [1.29, 1.82) is 0 Å². The Hall–Kier alpha value is -2.01. The summed E-state index contributed by atoms with van der Waals surface area (Å²) >= 11 is 0. The van der Waals surface area contributed by atoms with Gasteiger partial charge in [0.25, 0.3) is 5.56 Å². The lowest BCUT2D eigenvalue weighted by Crippen LogP contribution is -2.19. The molecular weight excluding hydrogens is 290 g/mol. The first-order chi connectivity index (χ1) is 11.2. The second-order valence-electron chi connectivity index (χ2n) is 6.13. The summed E-state index contributed by atoms with van der Waals surface area (Å²) in [6, 6.07) is 5.35. The molecule has 0 bridgehead atoms. The molecule has 0 atom stereocenters. The molecular formula is C18H23N3O2. The highest BCUT2D eigenvalue weighted by molar-refractivity contribution is 5.57. The molecule has 3 rings (SSSR count). The van der Waals surface area contributed by atoms with Crippen LogP contribution in [-0.2, 0) is 11.2 Å². The van der Waals surface area contributed by atoms with E-state index in [4.69, 9.17) is 4.74 Å². The standard InChI is InChI=1S/C18H23N3O2/c1-13-6-5-10-19-18(13)15-12-17(22)21-16(20-15)9-11-23-14-7-3-2-4-8-14/h5-6,10,12,14H,2-4,7-9,11H2,1H3,(H,20,21,22). The van der Waals surface area contributed by atoms with Crippen LogP contribution in [0, 0.1) is 6.92 Å². The van der Waals surface area contributed by atoms with E-state index in [2.05, 4.69) is 15.0 Å². The average molecular weight is 313 g/mol. The summed E-state index contributed by atoms with van der Waals surface area (Å²) in [5, 5.41) is 0. The van der Waals surface area contributed by atoms with E-state index in [-0.39, 0.29) is 5.56 Å². The second kappa shape index (κ2) is 7.51. The Kier molecular flexibility index (Phi) is 5.18. The predicted molar refractivity (Wildman–Crippen MR) is 89.4 cm³/mol. The number of nitrogens with zero attached hydrogens (tertiary/aromatic N) is 2. The highest BCUT2D eigenvalue weighted by Crippen LogP contribution is 2.20. The summed E-state index contributed by atoms with van der Waals surface area (Å²) in [5.74, 6) is 0.661. The van der Waals surface area contributed by atoms with E-state index in [1.165, 1.54) is 25.3 Å². The summed E-state index contributed by atoms with van der Waals surface area (Å²) in [4.78, 5) is 23.6. The summed E-state index contributed by atoms with van der Waals surface area (Å²) in [6.45, 7) is 2.56. The Bertz CT molecular complexity index is 705. The highest BCUT2D eigenvalue weighted by atomic mass is 16.5. The molecule has 0 unspecified atom stereocenters. The zero-order valence-electron chi connectivity index (χ0n) is 13.5. The lowest BCUT2D eigenvalue weighted by Gasteiger charge is -2.21. The molecule has 1 N–H and O–H groups in total. The molecule has 2 heterocycles. The molecule has 1 aliphatic carbocycles. The third-order valence-electron chi connectivity index (χ3n) is 4.29. The Labute approximate surface area is 136 Å². The van der Waals surface area contributed by atoms with Gasteiger partial charge in [0.05, 0.1) is 24.1 Å². The maximum absolute atomic E-state index is 11.9. The van der Waals surface area contributed by atoms with Gasteiger partial charge in [-0.25, -0.2) is 4.98 Å².